The van der Waals surface area contributed by atoms with Crippen LogP contribution in [-0.4, -0.2) is 55.8 Å². The van der Waals surface area contributed by atoms with Crippen molar-refractivity contribution >= 4 is 10.0 Å². The fourth-order valence-electron chi connectivity index (χ4n) is 2.16. The molecule has 1 aromatic heterocycles. The molecule has 0 aromatic carbocycles. The van der Waals surface area contributed by atoms with Gasteiger partial charge in [-0.3, -0.25) is 5.10 Å². The van der Waals surface area contributed by atoms with E-state index in [4.69, 9.17) is 4.74 Å². The van der Waals surface area contributed by atoms with Gasteiger partial charge in [-0.2, -0.15) is 9.40 Å². The molecule has 0 saturated carbocycles. The van der Waals surface area contributed by atoms with Crippen molar-refractivity contribution in [2.45, 2.75) is 31.5 Å². The number of morpholine rings is 1. The van der Waals surface area contributed by atoms with Crippen LogP contribution in [0.25, 0.3) is 0 Å². The van der Waals surface area contributed by atoms with Crippen LogP contribution in [0.2, 0.25) is 0 Å². The van der Waals surface area contributed by atoms with E-state index in [0.29, 0.717) is 31.8 Å². The van der Waals surface area contributed by atoms with E-state index in [1.54, 1.807) is 7.05 Å². The molecular formula is C11H20N4O3S. The van der Waals surface area contributed by atoms with Crippen LogP contribution in [0.15, 0.2) is 5.03 Å². The van der Waals surface area contributed by atoms with Crippen molar-refractivity contribution in [1.29, 1.82) is 0 Å². The van der Waals surface area contributed by atoms with E-state index in [-0.39, 0.29) is 11.1 Å². The molecule has 0 amide bonds. The largest absolute Gasteiger partial charge is 0.376 e. The second-order valence-electron chi connectivity index (χ2n) is 4.71. The first-order valence-electron chi connectivity index (χ1n) is 6.27. The average molecular weight is 288 g/mol. The smallest absolute Gasteiger partial charge is 0.262 e. The summed E-state index contributed by atoms with van der Waals surface area (Å²) in [5.41, 5.74) is 1.47. The van der Waals surface area contributed by atoms with Crippen molar-refractivity contribution in [3.63, 3.8) is 0 Å². The maximum absolute atomic E-state index is 12.6. The summed E-state index contributed by atoms with van der Waals surface area (Å²) >= 11 is 0. The summed E-state index contributed by atoms with van der Waals surface area (Å²) in [7, 11) is -1.78. The zero-order valence-electron chi connectivity index (χ0n) is 11.4. The van der Waals surface area contributed by atoms with Gasteiger partial charge >= 0.3 is 0 Å². The number of sulfonamides is 1. The van der Waals surface area contributed by atoms with Gasteiger partial charge in [-0.25, -0.2) is 8.42 Å². The number of rotatable bonds is 4. The van der Waals surface area contributed by atoms with Crippen LogP contribution in [0, 0.1) is 6.92 Å². The molecule has 0 radical (unpaired) electrons. The Morgan fingerprint density at radius 3 is 2.95 bits per heavy atom. The third kappa shape index (κ3) is 2.81. The summed E-state index contributed by atoms with van der Waals surface area (Å²) in [5.74, 6) is 0. The molecule has 1 unspecified atom stereocenters. The van der Waals surface area contributed by atoms with Gasteiger partial charge in [0.05, 0.1) is 12.7 Å². The number of aryl methyl sites for hydroxylation is 1. The molecule has 1 aliphatic heterocycles. The Morgan fingerprint density at radius 1 is 1.58 bits per heavy atom. The first kappa shape index (κ1) is 14.4. The third-order valence-electron chi connectivity index (χ3n) is 3.18. The molecule has 1 aromatic rings. The minimum atomic E-state index is -3.56. The van der Waals surface area contributed by atoms with Crippen molar-refractivity contribution in [2.24, 2.45) is 0 Å². The zero-order valence-corrected chi connectivity index (χ0v) is 12.2. The maximum atomic E-state index is 12.6. The van der Waals surface area contributed by atoms with Crippen LogP contribution in [-0.2, 0) is 21.3 Å². The van der Waals surface area contributed by atoms with Crippen molar-refractivity contribution in [2.75, 3.05) is 26.7 Å². The third-order valence-corrected chi connectivity index (χ3v) is 5.02. The molecule has 108 valence electrons. The highest BCUT2D eigenvalue weighted by atomic mass is 32.2. The number of hydrogen-bond acceptors (Lipinski definition) is 5. The normalized spacial score (nSPS) is 21.7. The van der Waals surface area contributed by atoms with Gasteiger partial charge in [-0.05, 0) is 20.9 Å². The first-order chi connectivity index (χ1) is 8.96. The fraction of sp³-hybridized carbons (Fsp3) is 0.727. The van der Waals surface area contributed by atoms with E-state index < -0.39 is 10.0 Å². The van der Waals surface area contributed by atoms with Gasteiger partial charge in [0.1, 0.15) is 0 Å². The molecule has 2 N–H and O–H groups in total. The molecule has 2 rings (SSSR count). The summed E-state index contributed by atoms with van der Waals surface area (Å²) < 4.78 is 32.0. The van der Waals surface area contributed by atoms with Gasteiger partial charge < -0.3 is 10.1 Å². The van der Waals surface area contributed by atoms with Gasteiger partial charge in [0.15, 0.2) is 5.03 Å². The second-order valence-corrected chi connectivity index (χ2v) is 6.56. The summed E-state index contributed by atoms with van der Waals surface area (Å²) in [5, 5.41) is 9.81. The van der Waals surface area contributed by atoms with Crippen LogP contribution >= 0.6 is 0 Å². The average Bonchev–Trinajstić information content (AvgIpc) is 2.72. The lowest BCUT2D eigenvalue weighted by atomic mass is 10.3. The van der Waals surface area contributed by atoms with Gasteiger partial charge in [0.25, 0.3) is 10.0 Å². The van der Waals surface area contributed by atoms with Crippen molar-refractivity contribution < 1.29 is 13.2 Å². The Labute approximate surface area is 113 Å². The van der Waals surface area contributed by atoms with Crippen LogP contribution in [0.4, 0.5) is 0 Å². The Bertz CT molecular complexity index is 540. The SMILES string of the molecule is CNCc1c(S(=O)(=O)N2CCOC(C)C2)n[nH]c1C. The Morgan fingerprint density at radius 2 is 2.32 bits per heavy atom. The van der Waals surface area contributed by atoms with E-state index in [9.17, 15) is 8.42 Å². The van der Waals surface area contributed by atoms with Gasteiger partial charge in [-0.15, -0.1) is 0 Å². The zero-order chi connectivity index (χ0) is 14.0. The van der Waals surface area contributed by atoms with E-state index in [0.717, 1.165) is 5.69 Å². The summed E-state index contributed by atoms with van der Waals surface area (Å²) in [6.07, 6.45) is -0.0867. The number of H-pyrrole nitrogens is 1. The standard InChI is InChI=1S/C11H20N4O3S/c1-8-7-15(4-5-18-8)19(16,17)11-10(6-12-3)9(2)13-14-11/h8,12H,4-7H2,1-3H3,(H,13,14). The number of nitrogens with zero attached hydrogens (tertiary/aromatic N) is 2. The monoisotopic (exact) mass is 288 g/mol. The Kier molecular flexibility index (Phi) is 4.24. The van der Waals surface area contributed by atoms with Crippen LogP contribution in [0.3, 0.4) is 0 Å². The van der Waals surface area contributed by atoms with E-state index in [2.05, 4.69) is 15.5 Å². The number of hydrogen-bond donors (Lipinski definition) is 2. The summed E-state index contributed by atoms with van der Waals surface area (Å²) in [6.45, 7) is 5.32. The van der Waals surface area contributed by atoms with Crippen LogP contribution in [0.5, 0.6) is 0 Å². The predicted molar refractivity (Wildman–Crippen MR) is 70.3 cm³/mol. The highest BCUT2D eigenvalue weighted by molar-refractivity contribution is 7.89. The highest BCUT2D eigenvalue weighted by Crippen LogP contribution is 2.22. The van der Waals surface area contributed by atoms with Gasteiger partial charge in [0, 0.05) is 30.9 Å². The van der Waals surface area contributed by atoms with E-state index in [1.807, 2.05) is 13.8 Å². The highest BCUT2D eigenvalue weighted by Gasteiger charge is 2.33. The molecule has 19 heavy (non-hydrogen) atoms. The van der Waals surface area contributed by atoms with E-state index in [1.165, 1.54) is 4.31 Å². The summed E-state index contributed by atoms with van der Waals surface area (Å²) in [6, 6.07) is 0. The van der Waals surface area contributed by atoms with Crippen molar-refractivity contribution in [3.8, 4) is 0 Å². The lowest BCUT2D eigenvalue weighted by Gasteiger charge is -2.29. The second kappa shape index (κ2) is 5.58. The van der Waals surface area contributed by atoms with Crippen LogP contribution in [0.1, 0.15) is 18.2 Å². The molecule has 0 bridgehead atoms. The Balaban J connectivity index is 2.33. The lowest BCUT2D eigenvalue weighted by Crippen LogP contribution is -2.44. The first-order valence-corrected chi connectivity index (χ1v) is 7.71. The molecule has 0 aliphatic carbocycles. The quantitative estimate of drug-likeness (QED) is 0.804. The van der Waals surface area contributed by atoms with Crippen molar-refractivity contribution in [3.05, 3.63) is 11.3 Å². The molecule has 7 nitrogen and oxygen atoms in total. The molecule has 1 saturated heterocycles. The molecule has 2 heterocycles. The summed E-state index contributed by atoms with van der Waals surface area (Å²) in [4.78, 5) is 0. The Hall–Kier alpha value is -0.960. The van der Waals surface area contributed by atoms with Crippen molar-refractivity contribution in [1.82, 2.24) is 19.8 Å². The molecule has 8 heteroatoms. The minimum Gasteiger partial charge on any atom is -0.376 e. The molecule has 1 atom stereocenters. The lowest BCUT2D eigenvalue weighted by molar-refractivity contribution is 0.0101. The predicted octanol–water partition coefficient (Wildman–Crippen LogP) is -0.153. The number of nitrogens with one attached hydrogen (secondary N) is 2. The minimum absolute atomic E-state index is 0.0867. The van der Waals surface area contributed by atoms with Gasteiger partial charge in [-0.1, -0.05) is 0 Å². The maximum Gasteiger partial charge on any atom is 0.262 e. The fourth-order valence-corrected chi connectivity index (χ4v) is 3.82. The molecule has 1 aliphatic rings. The topological polar surface area (TPSA) is 87.3 Å². The van der Waals surface area contributed by atoms with Crippen LogP contribution < -0.4 is 5.32 Å². The number of aromatic nitrogens is 2. The number of ether oxygens (including phenoxy) is 1. The molecule has 1 fully saturated rings. The molecule has 0 spiro atoms. The van der Waals surface area contributed by atoms with Gasteiger partial charge in [0.2, 0.25) is 0 Å². The molecular weight excluding hydrogens is 268 g/mol. The number of aromatic amines is 1. The van der Waals surface area contributed by atoms with E-state index >= 15 is 0 Å².